The summed E-state index contributed by atoms with van der Waals surface area (Å²) in [6.45, 7) is 0. The number of carbonyl (C=O) groups excluding carboxylic acids is 1. The lowest BCUT2D eigenvalue weighted by Crippen LogP contribution is -2.14. The van der Waals surface area contributed by atoms with Crippen molar-refractivity contribution < 1.29 is 32.9 Å². The number of benzene rings is 3. The van der Waals surface area contributed by atoms with Gasteiger partial charge in [-0.25, -0.2) is 0 Å². The Morgan fingerprint density at radius 1 is 1.04 bits per heavy atom. The van der Waals surface area contributed by atoms with Gasteiger partial charge in [0.15, 0.2) is 5.75 Å². The number of nitrogens with one attached hydrogen (secondary N) is 1. The zero-order valence-corrected chi connectivity index (χ0v) is 14.1. The molecule has 28 heavy (non-hydrogen) atoms. The summed E-state index contributed by atoms with van der Waals surface area (Å²) in [5.41, 5.74) is -1.38. The number of alkyl halides is 3. The lowest BCUT2D eigenvalue weighted by molar-refractivity contribution is -0.137. The number of anilines is 1. The molecule has 0 saturated heterocycles. The summed E-state index contributed by atoms with van der Waals surface area (Å²) < 4.78 is 44.7. The summed E-state index contributed by atoms with van der Waals surface area (Å²) in [5.74, 6) is -0.993. The van der Waals surface area contributed by atoms with Gasteiger partial charge in [-0.1, -0.05) is 6.07 Å². The molecule has 0 aliphatic carbocycles. The second-order valence-electron chi connectivity index (χ2n) is 5.70. The molecular formula is C20H13F3NO4. The van der Waals surface area contributed by atoms with Crippen LogP contribution in [0.1, 0.15) is 15.9 Å². The SMILES string of the molecule is O=C(Nc1cc(C(F)(F)F)ccc1Oc1ccc(O)cc1)c1c[c]ccc1O. The average molecular weight is 388 g/mol. The van der Waals surface area contributed by atoms with Crippen LogP contribution in [0.5, 0.6) is 23.0 Å². The molecule has 0 bridgehead atoms. The number of hydrogen-bond acceptors (Lipinski definition) is 4. The van der Waals surface area contributed by atoms with E-state index in [1.807, 2.05) is 0 Å². The third kappa shape index (κ3) is 4.35. The highest BCUT2D eigenvalue weighted by Gasteiger charge is 2.31. The normalized spacial score (nSPS) is 11.1. The van der Waals surface area contributed by atoms with E-state index in [1.165, 1.54) is 42.5 Å². The Labute approximate surface area is 157 Å². The second kappa shape index (κ2) is 7.51. The largest absolute Gasteiger partial charge is 0.508 e. The van der Waals surface area contributed by atoms with Gasteiger partial charge >= 0.3 is 6.18 Å². The van der Waals surface area contributed by atoms with E-state index in [0.29, 0.717) is 0 Å². The Hall–Kier alpha value is -3.68. The molecule has 1 amide bonds. The summed E-state index contributed by atoms with van der Waals surface area (Å²) in [4.78, 5) is 12.4. The quantitative estimate of drug-likeness (QED) is 0.590. The second-order valence-corrected chi connectivity index (χ2v) is 5.70. The summed E-state index contributed by atoms with van der Waals surface area (Å²) in [5, 5.41) is 21.4. The van der Waals surface area contributed by atoms with Crippen LogP contribution in [0.2, 0.25) is 0 Å². The molecule has 3 rings (SSSR count). The van der Waals surface area contributed by atoms with E-state index < -0.39 is 17.6 Å². The van der Waals surface area contributed by atoms with E-state index in [9.17, 15) is 28.2 Å². The minimum atomic E-state index is -4.63. The van der Waals surface area contributed by atoms with Crippen molar-refractivity contribution in [2.75, 3.05) is 5.32 Å². The number of phenols is 2. The number of aromatic hydroxyl groups is 2. The number of halogens is 3. The molecule has 0 unspecified atom stereocenters. The van der Waals surface area contributed by atoms with Crippen molar-refractivity contribution >= 4 is 11.6 Å². The lowest BCUT2D eigenvalue weighted by atomic mass is 10.1. The zero-order chi connectivity index (χ0) is 20.3. The molecule has 0 aliphatic rings. The molecule has 1 radical (unpaired) electrons. The molecule has 0 fully saturated rings. The molecule has 0 aliphatic heterocycles. The van der Waals surface area contributed by atoms with Crippen molar-refractivity contribution in [3.05, 3.63) is 77.9 Å². The summed E-state index contributed by atoms with van der Waals surface area (Å²) in [7, 11) is 0. The van der Waals surface area contributed by atoms with Crippen LogP contribution >= 0.6 is 0 Å². The first kappa shape index (κ1) is 19.1. The maximum atomic E-state index is 13.1. The van der Waals surface area contributed by atoms with E-state index in [0.717, 1.165) is 18.2 Å². The monoisotopic (exact) mass is 388 g/mol. The fourth-order valence-electron chi connectivity index (χ4n) is 2.33. The lowest BCUT2D eigenvalue weighted by Gasteiger charge is -2.15. The van der Waals surface area contributed by atoms with Crippen LogP contribution in [-0.4, -0.2) is 16.1 Å². The maximum Gasteiger partial charge on any atom is 0.416 e. The average Bonchev–Trinajstić information content (AvgIpc) is 2.64. The van der Waals surface area contributed by atoms with Crippen molar-refractivity contribution in [2.24, 2.45) is 0 Å². The fourth-order valence-corrected chi connectivity index (χ4v) is 2.33. The van der Waals surface area contributed by atoms with Crippen molar-refractivity contribution in [3.8, 4) is 23.0 Å². The molecule has 0 atom stereocenters. The number of rotatable bonds is 4. The Bertz CT molecular complexity index is 1000. The highest BCUT2D eigenvalue weighted by atomic mass is 19.4. The van der Waals surface area contributed by atoms with Gasteiger partial charge in [-0.05, 0) is 60.7 Å². The maximum absolute atomic E-state index is 13.1. The van der Waals surface area contributed by atoms with Gasteiger partial charge in [0.25, 0.3) is 5.91 Å². The molecule has 3 N–H and O–H groups in total. The van der Waals surface area contributed by atoms with Gasteiger partial charge in [-0.15, -0.1) is 0 Å². The highest BCUT2D eigenvalue weighted by Crippen LogP contribution is 2.37. The molecule has 143 valence electrons. The third-order valence-corrected chi connectivity index (χ3v) is 3.71. The van der Waals surface area contributed by atoms with E-state index in [-0.39, 0.29) is 34.2 Å². The van der Waals surface area contributed by atoms with Gasteiger partial charge in [0, 0.05) is 0 Å². The minimum Gasteiger partial charge on any atom is -0.508 e. The molecule has 0 aromatic heterocycles. The number of hydrogen-bond donors (Lipinski definition) is 3. The van der Waals surface area contributed by atoms with E-state index in [1.54, 1.807) is 0 Å². The third-order valence-electron chi connectivity index (χ3n) is 3.71. The fraction of sp³-hybridized carbons (Fsp3) is 0.0500. The van der Waals surface area contributed by atoms with E-state index in [4.69, 9.17) is 4.74 Å². The molecule has 3 aromatic rings. The predicted molar refractivity (Wildman–Crippen MR) is 94.5 cm³/mol. The van der Waals surface area contributed by atoms with Gasteiger partial charge in [0.1, 0.15) is 17.2 Å². The first-order valence-corrected chi connectivity index (χ1v) is 7.92. The topological polar surface area (TPSA) is 78.8 Å². The van der Waals surface area contributed by atoms with Crippen LogP contribution in [-0.2, 0) is 6.18 Å². The van der Waals surface area contributed by atoms with Gasteiger partial charge in [-0.3, -0.25) is 4.79 Å². The van der Waals surface area contributed by atoms with Crippen molar-refractivity contribution in [2.45, 2.75) is 6.18 Å². The van der Waals surface area contributed by atoms with Gasteiger partial charge < -0.3 is 20.3 Å². The van der Waals surface area contributed by atoms with Gasteiger partial charge in [0.2, 0.25) is 0 Å². The molecule has 5 nitrogen and oxygen atoms in total. The van der Waals surface area contributed by atoms with Crippen LogP contribution in [0.15, 0.2) is 60.7 Å². The molecule has 0 heterocycles. The minimum absolute atomic E-state index is 0.0101. The molecule has 8 heteroatoms. The standard InChI is InChI=1S/C20H13F3NO4/c21-20(22,23)12-5-10-18(28-14-8-6-13(25)7-9-14)16(11-12)24-19(27)15-3-1-2-4-17(15)26/h2-11,25-26H,(H,24,27). The summed E-state index contributed by atoms with van der Waals surface area (Å²) in [6, 6.07) is 14.6. The van der Waals surface area contributed by atoms with Crippen LogP contribution in [0.25, 0.3) is 0 Å². The first-order chi connectivity index (χ1) is 13.2. The summed E-state index contributed by atoms with van der Waals surface area (Å²) in [6.07, 6.45) is -4.63. The number of carbonyl (C=O) groups is 1. The Kier molecular flexibility index (Phi) is 5.12. The van der Waals surface area contributed by atoms with Crippen molar-refractivity contribution in [1.82, 2.24) is 0 Å². The Balaban J connectivity index is 1.96. The van der Waals surface area contributed by atoms with Gasteiger partial charge in [0.05, 0.1) is 16.8 Å². The number of ether oxygens (including phenoxy) is 1. The highest BCUT2D eigenvalue weighted by molar-refractivity contribution is 6.06. The van der Waals surface area contributed by atoms with Crippen molar-refractivity contribution in [1.29, 1.82) is 0 Å². The van der Waals surface area contributed by atoms with Crippen LogP contribution < -0.4 is 10.1 Å². The van der Waals surface area contributed by atoms with Crippen LogP contribution in [0, 0.1) is 6.07 Å². The number of phenolic OH excluding ortho intramolecular Hbond substituents is 2. The Morgan fingerprint density at radius 2 is 1.75 bits per heavy atom. The van der Waals surface area contributed by atoms with Crippen molar-refractivity contribution in [3.63, 3.8) is 0 Å². The predicted octanol–water partition coefficient (Wildman–Crippen LogP) is 4.96. The van der Waals surface area contributed by atoms with Gasteiger partial charge in [-0.2, -0.15) is 13.2 Å². The zero-order valence-electron chi connectivity index (χ0n) is 14.1. The smallest absolute Gasteiger partial charge is 0.416 e. The summed E-state index contributed by atoms with van der Waals surface area (Å²) >= 11 is 0. The molecule has 3 aromatic carbocycles. The molecule has 0 saturated carbocycles. The first-order valence-electron chi connectivity index (χ1n) is 7.92. The van der Waals surface area contributed by atoms with Crippen LogP contribution in [0.3, 0.4) is 0 Å². The van der Waals surface area contributed by atoms with Crippen LogP contribution in [0.4, 0.5) is 18.9 Å². The number of amides is 1. The molecule has 0 spiro atoms. The van der Waals surface area contributed by atoms with E-state index >= 15 is 0 Å². The van der Waals surface area contributed by atoms with E-state index in [2.05, 4.69) is 11.4 Å². The Morgan fingerprint density at radius 3 is 2.39 bits per heavy atom. The molecular weight excluding hydrogens is 375 g/mol.